The zero-order valence-electron chi connectivity index (χ0n) is 15.4. The fourth-order valence-electron chi connectivity index (χ4n) is 2.38. The van der Waals surface area contributed by atoms with Gasteiger partial charge in [0.15, 0.2) is 0 Å². The van der Waals surface area contributed by atoms with Gasteiger partial charge in [-0.3, -0.25) is 0 Å². The van der Waals surface area contributed by atoms with Crippen LogP contribution in [0.4, 0.5) is 0 Å². The van der Waals surface area contributed by atoms with E-state index in [0.717, 1.165) is 4.88 Å². The Morgan fingerprint density at radius 2 is 1.81 bits per heavy atom. The number of hydrogen-bond acceptors (Lipinski definition) is 7. The summed E-state index contributed by atoms with van der Waals surface area (Å²) >= 11 is 1.49. The first-order valence-corrected chi connectivity index (χ1v) is 9.29. The lowest BCUT2D eigenvalue weighted by Gasteiger charge is -2.05. The first kappa shape index (κ1) is 20.4. The first-order chi connectivity index (χ1) is 13.0. The summed E-state index contributed by atoms with van der Waals surface area (Å²) in [6, 6.07) is 3.74. The van der Waals surface area contributed by atoms with Gasteiger partial charge in [-0.15, -0.1) is 11.3 Å². The van der Waals surface area contributed by atoms with Gasteiger partial charge in [-0.1, -0.05) is 6.07 Å². The van der Waals surface area contributed by atoms with Crippen molar-refractivity contribution < 1.29 is 28.6 Å². The highest BCUT2D eigenvalue weighted by Crippen LogP contribution is 2.21. The fourth-order valence-corrected chi connectivity index (χ4v) is 3.00. The molecule has 0 spiro atoms. The quantitative estimate of drug-likeness (QED) is 0.420. The molecule has 0 aliphatic heterocycles. The Hall–Kier alpha value is -2.87. The van der Waals surface area contributed by atoms with Crippen LogP contribution in [0.5, 0.6) is 0 Å². The monoisotopic (exact) mass is 391 g/mol. The van der Waals surface area contributed by atoms with E-state index in [2.05, 4.69) is 4.98 Å². The van der Waals surface area contributed by atoms with E-state index in [0.29, 0.717) is 5.56 Å². The Labute approximate surface area is 160 Å². The highest BCUT2D eigenvalue weighted by Gasteiger charge is 2.26. The van der Waals surface area contributed by atoms with Crippen molar-refractivity contribution in [2.45, 2.75) is 27.4 Å². The number of thiophene rings is 1. The maximum absolute atomic E-state index is 12.3. The molecule has 0 radical (unpaired) electrons. The molecule has 27 heavy (non-hydrogen) atoms. The molecule has 144 valence electrons. The minimum Gasteiger partial charge on any atom is -0.462 e. The molecule has 2 aromatic heterocycles. The maximum atomic E-state index is 12.3. The van der Waals surface area contributed by atoms with E-state index in [1.54, 1.807) is 26.8 Å². The molecular formula is C19H21NO6S. The van der Waals surface area contributed by atoms with E-state index in [-0.39, 0.29) is 36.8 Å². The van der Waals surface area contributed by atoms with Gasteiger partial charge in [-0.25, -0.2) is 14.4 Å². The summed E-state index contributed by atoms with van der Waals surface area (Å²) in [7, 11) is 0. The molecule has 0 atom stereocenters. The number of aromatic nitrogens is 1. The van der Waals surface area contributed by atoms with E-state index >= 15 is 0 Å². The molecule has 7 nitrogen and oxygen atoms in total. The lowest BCUT2D eigenvalue weighted by atomic mass is 10.1. The van der Waals surface area contributed by atoms with E-state index < -0.39 is 17.9 Å². The lowest BCUT2D eigenvalue weighted by Crippen LogP contribution is -2.10. The summed E-state index contributed by atoms with van der Waals surface area (Å²) in [4.78, 5) is 40.0. The summed E-state index contributed by atoms with van der Waals surface area (Å²) < 4.78 is 15.2. The molecule has 0 aliphatic rings. The third-order valence-electron chi connectivity index (χ3n) is 3.57. The molecule has 8 heteroatoms. The fraction of sp³-hybridized carbons (Fsp3) is 0.316. The molecule has 0 saturated heterocycles. The van der Waals surface area contributed by atoms with Crippen molar-refractivity contribution in [3.63, 3.8) is 0 Å². The molecule has 2 heterocycles. The van der Waals surface area contributed by atoms with Crippen molar-refractivity contribution in [2.75, 3.05) is 13.2 Å². The van der Waals surface area contributed by atoms with Crippen LogP contribution in [-0.2, 0) is 25.6 Å². The van der Waals surface area contributed by atoms with Crippen molar-refractivity contribution in [1.82, 2.24) is 4.98 Å². The number of aromatic amines is 1. The maximum Gasteiger partial charge on any atom is 0.355 e. The van der Waals surface area contributed by atoms with Gasteiger partial charge in [0.1, 0.15) is 12.3 Å². The lowest BCUT2D eigenvalue weighted by molar-refractivity contribution is -0.139. The average Bonchev–Trinajstić information content (AvgIpc) is 3.26. The summed E-state index contributed by atoms with van der Waals surface area (Å²) in [6.45, 7) is 5.15. The van der Waals surface area contributed by atoms with Gasteiger partial charge in [0, 0.05) is 11.0 Å². The van der Waals surface area contributed by atoms with Gasteiger partial charge in [-0.05, 0) is 43.9 Å². The number of carbonyl (C=O) groups excluding carboxylic acids is 3. The molecule has 0 unspecified atom stereocenters. The van der Waals surface area contributed by atoms with Crippen molar-refractivity contribution in [3.8, 4) is 0 Å². The third kappa shape index (κ3) is 5.30. The normalized spacial score (nSPS) is 10.8. The van der Waals surface area contributed by atoms with Gasteiger partial charge in [0.05, 0.1) is 24.5 Å². The number of nitrogens with one attached hydrogen (secondary N) is 1. The Balaban J connectivity index is 2.18. The highest BCUT2D eigenvalue weighted by atomic mass is 32.1. The second-order valence-electron chi connectivity index (χ2n) is 5.38. The SMILES string of the molecule is CCOC(=O)c1[nH]c(COC(=O)C=Cc2cccs2)c(C(=O)OCC)c1C. The number of carbonyl (C=O) groups is 3. The Kier molecular flexibility index (Phi) is 7.36. The van der Waals surface area contributed by atoms with E-state index in [1.165, 1.54) is 17.4 Å². The highest BCUT2D eigenvalue weighted by molar-refractivity contribution is 7.10. The molecule has 0 saturated carbocycles. The van der Waals surface area contributed by atoms with Gasteiger partial charge < -0.3 is 19.2 Å². The van der Waals surface area contributed by atoms with Crippen LogP contribution in [0.2, 0.25) is 0 Å². The van der Waals surface area contributed by atoms with Gasteiger partial charge in [0.25, 0.3) is 0 Å². The summed E-state index contributed by atoms with van der Waals surface area (Å²) in [6.07, 6.45) is 2.95. The van der Waals surface area contributed by atoms with Crippen LogP contribution in [0.1, 0.15) is 50.8 Å². The van der Waals surface area contributed by atoms with Crippen LogP contribution in [0.3, 0.4) is 0 Å². The molecule has 0 bridgehead atoms. The summed E-state index contributed by atoms with van der Waals surface area (Å²) in [5.41, 5.74) is 0.994. The van der Waals surface area contributed by atoms with Crippen LogP contribution in [0, 0.1) is 6.92 Å². The minimum absolute atomic E-state index is 0.139. The molecule has 2 rings (SSSR count). The van der Waals surface area contributed by atoms with Crippen LogP contribution in [-0.4, -0.2) is 36.1 Å². The topological polar surface area (TPSA) is 94.7 Å². The minimum atomic E-state index is -0.595. The van der Waals surface area contributed by atoms with Crippen molar-refractivity contribution in [3.05, 3.63) is 51.0 Å². The molecule has 2 aromatic rings. The first-order valence-electron chi connectivity index (χ1n) is 8.41. The average molecular weight is 391 g/mol. The summed E-state index contributed by atoms with van der Waals surface area (Å²) in [5.74, 6) is -1.75. The second kappa shape index (κ2) is 9.72. The van der Waals surface area contributed by atoms with Crippen LogP contribution >= 0.6 is 11.3 Å². The zero-order chi connectivity index (χ0) is 19.8. The van der Waals surface area contributed by atoms with Crippen LogP contribution < -0.4 is 0 Å². The van der Waals surface area contributed by atoms with Crippen LogP contribution in [0.25, 0.3) is 6.08 Å². The Bertz CT molecular complexity index is 835. The number of esters is 3. The third-order valence-corrected chi connectivity index (χ3v) is 4.41. The van der Waals surface area contributed by atoms with Gasteiger partial charge in [0.2, 0.25) is 0 Å². The Morgan fingerprint density at radius 1 is 1.11 bits per heavy atom. The molecule has 0 fully saturated rings. The molecule has 0 aliphatic carbocycles. The van der Waals surface area contributed by atoms with Gasteiger partial charge in [-0.2, -0.15) is 0 Å². The predicted octanol–water partition coefficient (Wildman–Crippen LogP) is 3.49. The largest absolute Gasteiger partial charge is 0.462 e. The zero-order valence-corrected chi connectivity index (χ0v) is 16.2. The predicted molar refractivity (Wildman–Crippen MR) is 101 cm³/mol. The van der Waals surface area contributed by atoms with Crippen molar-refractivity contribution >= 4 is 35.3 Å². The standard InChI is InChI=1S/C19H21NO6S/c1-4-24-18(22)16-12(3)17(19(23)25-5-2)20-14(16)11-26-15(21)9-8-13-7-6-10-27-13/h6-10,20H,4-5,11H2,1-3H3. The summed E-state index contributed by atoms with van der Waals surface area (Å²) in [5, 5.41) is 1.90. The van der Waals surface area contributed by atoms with E-state index in [1.807, 2.05) is 17.5 Å². The van der Waals surface area contributed by atoms with E-state index in [9.17, 15) is 14.4 Å². The number of ether oxygens (including phenoxy) is 3. The van der Waals surface area contributed by atoms with Crippen molar-refractivity contribution in [2.24, 2.45) is 0 Å². The van der Waals surface area contributed by atoms with Gasteiger partial charge >= 0.3 is 17.9 Å². The number of hydrogen-bond donors (Lipinski definition) is 1. The Morgan fingerprint density at radius 3 is 2.44 bits per heavy atom. The molecule has 0 amide bonds. The van der Waals surface area contributed by atoms with Crippen LogP contribution in [0.15, 0.2) is 23.6 Å². The van der Waals surface area contributed by atoms with E-state index in [4.69, 9.17) is 14.2 Å². The molecular weight excluding hydrogens is 370 g/mol. The number of H-pyrrole nitrogens is 1. The molecule has 1 N–H and O–H groups in total. The second-order valence-corrected chi connectivity index (χ2v) is 6.36. The smallest absolute Gasteiger partial charge is 0.355 e. The van der Waals surface area contributed by atoms with Crippen molar-refractivity contribution in [1.29, 1.82) is 0 Å². The number of rotatable bonds is 8. The molecule has 0 aromatic carbocycles.